The maximum atomic E-state index is 12.5. The van der Waals surface area contributed by atoms with Gasteiger partial charge in [0.25, 0.3) is 5.91 Å². The Labute approximate surface area is 191 Å². The molecule has 33 heavy (non-hydrogen) atoms. The van der Waals surface area contributed by atoms with Crippen molar-refractivity contribution in [2.24, 2.45) is 0 Å². The summed E-state index contributed by atoms with van der Waals surface area (Å²) in [7, 11) is 3.19. The molecular weight excluding hydrogens is 420 g/mol. The fourth-order valence-corrected chi connectivity index (χ4v) is 3.38. The maximum absolute atomic E-state index is 12.5. The van der Waals surface area contributed by atoms with E-state index in [0.717, 1.165) is 22.7 Å². The van der Waals surface area contributed by atoms with Crippen LogP contribution < -0.4 is 19.5 Å². The molecule has 168 valence electrons. The molecule has 0 aliphatic rings. The zero-order chi connectivity index (χ0) is 23.2. The molecule has 0 atom stereocenters. The number of methoxy groups -OCH3 is 2. The van der Waals surface area contributed by atoms with E-state index in [1.807, 2.05) is 49.4 Å². The van der Waals surface area contributed by atoms with Crippen LogP contribution >= 0.6 is 0 Å². The average molecular weight is 444 g/mol. The van der Waals surface area contributed by atoms with Crippen molar-refractivity contribution in [3.8, 4) is 34.2 Å². The second kappa shape index (κ2) is 9.86. The number of amides is 1. The Balaban J connectivity index is 1.51. The lowest BCUT2D eigenvalue weighted by Gasteiger charge is -2.11. The number of nitrogens with one attached hydrogen (secondary N) is 1. The van der Waals surface area contributed by atoms with Crippen LogP contribution in [0.1, 0.15) is 17.3 Å². The number of hydrogen-bond acceptors (Lipinski definition) is 6. The number of carbonyl (C=O) groups is 1. The summed E-state index contributed by atoms with van der Waals surface area (Å²) in [4.78, 5) is 12.5. The van der Waals surface area contributed by atoms with Gasteiger partial charge in [-0.15, -0.1) is 5.10 Å². The van der Waals surface area contributed by atoms with Gasteiger partial charge in [0.2, 0.25) is 0 Å². The van der Waals surface area contributed by atoms with Gasteiger partial charge in [-0.05, 0) is 73.7 Å². The Morgan fingerprint density at radius 2 is 1.67 bits per heavy atom. The van der Waals surface area contributed by atoms with Gasteiger partial charge >= 0.3 is 0 Å². The molecular formula is C25H24N4O4. The van der Waals surface area contributed by atoms with Crippen LogP contribution in [0, 0.1) is 0 Å². The quantitative estimate of drug-likeness (QED) is 0.427. The average Bonchev–Trinajstić information content (AvgIpc) is 3.34. The Kier molecular flexibility index (Phi) is 6.54. The lowest BCUT2D eigenvalue weighted by Crippen LogP contribution is -2.11. The fourth-order valence-electron chi connectivity index (χ4n) is 3.38. The van der Waals surface area contributed by atoms with Gasteiger partial charge < -0.3 is 19.5 Å². The first-order chi connectivity index (χ1) is 16.1. The van der Waals surface area contributed by atoms with Crippen molar-refractivity contribution in [1.29, 1.82) is 0 Å². The number of nitrogens with zero attached hydrogens (tertiary/aromatic N) is 3. The van der Waals surface area contributed by atoms with E-state index in [2.05, 4.69) is 15.6 Å². The Morgan fingerprint density at radius 3 is 2.33 bits per heavy atom. The molecule has 0 spiro atoms. The van der Waals surface area contributed by atoms with E-state index < -0.39 is 0 Å². The summed E-state index contributed by atoms with van der Waals surface area (Å²) in [5, 5.41) is 11.2. The van der Waals surface area contributed by atoms with Crippen LogP contribution in [0.3, 0.4) is 0 Å². The van der Waals surface area contributed by atoms with Crippen molar-refractivity contribution < 1.29 is 19.0 Å². The molecule has 0 saturated heterocycles. The van der Waals surface area contributed by atoms with Gasteiger partial charge in [0.05, 0.1) is 38.4 Å². The largest absolute Gasteiger partial charge is 0.494 e. The summed E-state index contributed by atoms with van der Waals surface area (Å²) in [6.07, 6.45) is 1.68. The number of anilines is 1. The minimum absolute atomic E-state index is 0.197. The van der Waals surface area contributed by atoms with Gasteiger partial charge in [-0.3, -0.25) is 4.79 Å². The highest BCUT2D eigenvalue weighted by Crippen LogP contribution is 2.32. The minimum atomic E-state index is -0.197. The topological polar surface area (TPSA) is 87.5 Å². The molecule has 0 radical (unpaired) electrons. The van der Waals surface area contributed by atoms with Crippen molar-refractivity contribution in [3.05, 3.63) is 78.5 Å². The van der Waals surface area contributed by atoms with Crippen LogP contribution in [0.4, 0.5) is 5.69 Å². The molecule has 0 saturated carbocycles. The van der Waals surface area contributed by atoms with Crippen molar-refractivity contribution in [1.82, 2.24) is 15.0 Å². The standard InChI is InChI=1S/C25H24N4O4/c1-4-33-21-12-5-17(6-13-21)25(30)27-19-8-10-20(11-9-19)29-22(16-26-28-29)18-7-14-23(31-2)24(15-18)32-3/h5-16H,4H2,1-3H3,(H,27,30). The SMILES string of the molecule is CCOc1ccc(C(=O)Nc2ccc(-n3nncc3-c3ccc(OC)c(OC)c3)cc2)cc1. The van der Waals surface area contributed by atoms with Crippen molar-refractivity contribution in [3.63, 3.8) is 0 Å². The first-order valence-electron chi connectivity index (χ1n) is 10.4. The molecule has 1 N–H and O–H groups in total. The first-order valence-corrected chi connectivity index (χ1v) is 10.4. The van der Waals surface area contributed by atoms with Crippen LogP contribution in [0.25, 0.3) is 16.9 Å². The smallest absolute Gasteiger partial charge is 0.255 e. The lowest BCUT2D eigenvalue weighted by atomic mass is 10.1. The highest BCUT2D eigenvalue weighted by Gasteiger charge is 2.13. The molecule has 0 aliphatic heterocycles. The highest BCUT2D eigenvalue weighted by atomic mass is 16.5. The van der Waals surface area contributed by atoms with Gasteiger partial charge in [-0.1, -0.05) is 5.21 Å². The van der Waals surface area contributed by atoms with Crippen LogP contribution in [0.15, 0.2) is 72.9 Å². The third kappa shape index (κ3) is 4.79. The number of rotatable bonds is 8. The van der Waals surface area contributed by atoms with E-state index in [-0.39, 0.29) is 5.91 Å². The lowest BCUT2D eigenvalue weighted by molar-refractivity contribution is 0.102. The molecule has 4 aromatic rings. The molecule has 4 rings (SSSR count). The summed E-state index contributed by atoms with van der Waals surface area (Å²) in [6.45, 7) is 2.50. The molecule has 0 fully saturated rings. The summed E-state index contributed by atoms with van der Waals surface area (Å²) < 4.78 is 17.9. The summed E-state index contributed by atoms with van der Waals surface area (Å²) in [6, 6.07) is 20.0. The number of aromatic nitrogens is 3. The fraction of sp³-hybridized carbons (Fsp3) is 0.160. The van der Waals surface area contributed by atoms with E-state index in [1.165, 1.54) is 0 Å². The van der Waals surface area contributed by atoms with Gasteiger partial charge in [0.1, 0.15) is 5.75 Å². The Hall–Kier alpha value is -4.33. The summed E-state index contributed by atoms with van der Waals surface area (Å²) >= 11 is 0. The van der Waals surface area contributed by atoms with Gasteiger partial charge in [0.15, 0.2) is 11.5 Å². The first kappa shape index (κ1) is 21.9. The van der Waals surface area contributed by atoms with Crippen LogP contribution in [0.5, 0.6) is 17.2 Å². The predicted octanol–water partition coefficient (Wildman–Crippen LogP) is 4.60. The summed E-state index contributed by atoms with van der Waals surface area (Å²) in [5.74, 6) is 1.80. The van der Waals surface area contributed by atoms with Crippen molar-refractivity contribution in [2.75, 3.05) is 26.1 Å². The second-order valence-electron chi connectivity index (χ2n) is 7.06. The van der Waals surface area contributed by atoms with Crippen molar-refractivity contribution in [2.45, 2.75) is 6.92 Å². The van der Waals surface area contributed by atoms with E-state index in [1.54, 1.807) is 49.4 Å². The van der Waals surface area contributed by atoms with Crippen molar-refractivity contribution >= 4 is 11.6 Å². The molecule has 0 bridgehead atoms. The highest BCUT2D eigenvalue weighted by molar-refractivity contribution is 6.04. The maximum Gasteiger partial charge on any atom is 0.255 e. The van der Waals surface area contributed by atoms with E-state index in [4.69, 9.17) is 14.2 Å². The molecule has 1 heterocycles. The number of carbonyl (C=O) groups excluding carboxylic acids is 1. The molecule has 8 heteroatoms. The molecule has 0 unspecified atom stereocenters. The molecule has 1 aromatic heterocycles. The van der Waals surface area contributed by atoms with Crippen LogP contribution in [-0.2, 0) is 0 Å². The van der Waals surface area contributed by atoms with Gasteiger partial charge in [-0.2, -0.15) is 0 Å². The van der Waals surface area contributed by atoms with E-state index in [0.29, 0.717) is 29.4 Å². The zero-order valence-electron chi connectivity index (χ0n) is 18.6. The van der Waals surface area contributed by atoms with Gasteiger partial charge in [-0.25, -0.2) is 4.68 Å². The van der Waals surface area contributed by atoms with E-state index >= 15 is 0 Å². The Morgan fingerprint density at radius 1 is 0.939 bits per heavy atom. The normalized spacial score (nSPS) is 10.5. The monoisotopic (exact) mass is 444 g/mol. The number of benzene rings is 3. The summed E-state index contributed by atoms with van der Waals surface area (Å²) in [5.41, 5.74) is 3.70. The number of ether oxygens (including phenoxy) is 3. The van der Waals surface area contributed by atoms with Crippen LogP contribution in [0.2, 0.25) is 0 Å². The molecule has 3 aromatic carbocycles. The van der Waals surface area contributed by atoms with E-state index in [9.17, 15) is 4.79 Å². The Bertz CT molecular complexity index is 1230. The number of hydrogen-bond donors (Lipinski definition) is 1. The third-order valence-corrected chi connectivity index (χ3v) is 5.03. The third-order valence-electron chi connectivity index (χ3n) is 5.03. The molecule has 0 aliphatic carbocycles. The second-order valence-corrected chi connectivity index (χ2v) is 7.06. The molecule has 8 nitrogen and oxygen atoms in total. The zero-order valence-corrected chi connectivity index (χ0v) is 18.6. The predicted molar refractivity (Wildman–Crippen MR) is 125 cm³/mol. The van der Waals surface area contributed by atoms with Gasteiger partial charge in [0, 0.05) is 16.8 Å². The minimum Gasteiger partial charge on any atom is -0.494 e. The van der Waals surface area contributed by atoms with Crippen LogP contribution in [-0.4, -0.2) is 41.7 Å². The molecule has 1 amide bonds.